The Hall–Kier alpha value is -0.610. The molecule has 2 saturated heterocycles. The van der Waals surface area contributed by atoms with Crippen LogP contribution < -0.4 is 5.32 Å². The van der Waals surface area contributed by atoms with Crippen molar-refractivity contribution in [1.82, 2.24) is 10.2 Å². The van der Waals surface area contributed by atoms with Crippen molar-refractivity contribution in [3.8, 4) is 0 Å². The first-order valence-corrected chi connectivity index (χ1v) is 6.59. The van der Waals surface area contributed by atoms with Gasteiger partial charge in [0.15, 0.2) is 0 Å². The lowest BCUT2D eigenvalue weighted by molar-refractivity contribution is -0.147. The normalized spacial score (nSPS) is 38.5. The molecular formula is C13H24N2O2. The van der Waals surface area contributed by atoms with Gasteiger partial charge in [0.25, 0.3) is 0 Å². The summed E-state index contributed by atoms with van der Waals surface area (Å²) >= 11 is 0. The van der Waals surface area contributed by atoms with Crippen molar-refractivity contribution in [2.45, 2.75) is 44.2 Å². The summed E-state index contributed by atoms with van der Waals surface area (Å²) in [4.78, 5) is 14.1. The molecule has 0 aromatic heterocycles. The molecule has 0 saturated carbocycles. The Kier molecular flexibility index (Phi) is 3.73. The first-order valence-electron chi connectivity index (χ1n) is 6.59. The minimum absolute atomic E-state index is 0.125. The lowest BCUT2D eigenvalue weighted by atomic mass is 9.90. The largest absolute Gasteiger partial charge is 0.468 e. The quantitative estimate of drug-likeness (QED) is 0.748. The number of hydrogen-bond acceptors (Lipinski definition) is 4. The van der Waals surface area contributed by atoms with Crippen LogP contribution in [-0.2, 0) is 9.53 Å². The van der Waals surface area contributed by atoms with Crippen LogP contribution in [0.4, 0.5) is 0 Å². The molecule has 1 N–H and O–H groups in total. The SMILES string of the molecule is COC(=O)C1(C)CC(CC2CCCN2C)CN1. The van der Waals surface area contributed by atoms with Gasteiger partial charge in [0.2, 0.25) is 0 Å². The van der Waals surface area contributed by atoms with Crippen LogP contribution in [0.15, 0.2) is 0 Å². The van der Waals surface area contributed by atoms with Crippen LogP contribution in [0.1, 0.15) is 32.6 Å². The van der Waals surface area contributed by atoms with E-state index < -0.39 is 5.54 Å². The third-order valence-corrected chi connectivity index (χ3v) is 4.39. The molecule has 3 atom stereocenters. The first-order chi connectivity index (χ1) is 8.05. The van der Waals surface area contributed by atoms with Crippen LogP contribution >= 0.6 is 0 Å². The zero-order valence-corrected chi connectivity index (χ0v) is 11.2. The summed E-state index contributed by atoms with van der Waals surface area (Å²) in [6.07, 6.45) is 4.73. The van der Waals surface area contributed by atoms with Crippen LogP contribution in [0.3, 0.4) is 0 Å². The summed E-state index contributed by atoms with van der Waals surface area (Å²) in [6.45, 7) is 4.12. The van der Waals surface area contributed by atoms with Crippen LogP contribution in [0, 0.1) is 5.92 Å². The van der Waals surface area contributed by atoms with Crippen LogP contribution in [0.2, 0.25) is 0 Å². The summed E-state index contributed by atoms with van der Waals surface area (Å²) in [5.74, 6) is 0.476. The smallest absolute Gasteiger partial charge is 0.325 e. The van der Waals surface area contributed by atoms with E-state index in [9.17, 15) is 4.79 Å². The summed E-state index contributed by atoms with van der Waals surface area (Å²) < 4.78 is 4.86. The molecule has 0 radical (unpaired) electrons. The van der Waals surface area contributed by atoms with Crippen LogP contribution in [-0.4, -0.2) is 49.7 Å². The van der Waals surface area contributed by atoms with Crippen molar-refractivity contribution in [3.05, 3.63) is 0 Å². The summed E-state index contributed by atoms with van der Waals surface area (Å²) in [7, 11) is 3.67. The number of nitrogens with one attached hydrogen (secondary N) is 1. The van der Waals surface area contributed by atoms with E-state index in [0.29, 0.717) is 12.0 Å². The molecule has 2 heterocycles. The average Bonchev–Trinajstić information content (AvgIpc) is 2.87. The second-order valence-corrected chi connectivity index (χ2v) is 5.79. The molecule has 98 valence electrons. The highest BCUT2D eigenvalue weighted by molar-refractivity contribution is 5.80. The van der Waals surface area contributed by atoms with E-state index in [1.165, 1.54) is 32.9 Å². The molecule has 4 heteroatoms. The molecule has 4 nitrogen and oxygen atoms in total. The van der Waals surface area contributed by atoms with Gasteiger partial charge < -0.3 is 15.0 Å². The van der Waals surface area contributed by atoms with Gasteiger partial charge in [-0.05, 0) is 58.7 Å². The van der Waals surface area contributed by atoms with Crippen molar-refractivity contribution >= 4 is 5.97 Å². The molecule has 2 fully saturated rings. The van der Waals surface area contributed by atoms with Crippen LogP contribution in [0.25, 0.3) is 0 Å². The first kappa shape index (κ1) is 12.8. The highest BCUT2D eigenvalue weighted by atomic mass is 16.5. The maximum atomic E-state index is 11.7. The van der Waals surface area contributed by atoms with Gasteiger partial charge in [0.1, 0.15) is 5.54 Å². The van der Waals surface area contributed by atoms with Gasteiger partial charge in [-0.25, -0.2) is 0 Å². The number of rotatable bonds is 3. The minimum atomic E-state index is -0.462. The van der Waals surface area contributed by atoms with Gasteiger partial charge in [-0.1, -0.05) is 0 Å². The fraction of sp³-hybridized carbons (Fsp3) is 0.923. The number of carbonyl (C=O) groups excluding carboxylic acids is 1. The van der Waals surface area contributed by atoms with E-state index in [0.717, 1.165) is 13.0 Å². The standard InChI is InChI=1S/C13H24N2O2/c1-13(12(16)17-3)8-10(9-14-13)7-11-5-4-6-15(11)2/h10-11,14H,4-9H2,1-3H3. The zero-order valence-electron chi connectivity index (χ0n) is 11.2. The summed E-state index contributed by atoms with van der Waals surface area (Å²) in [5, 5.41) is 3.33. The second-order valence-electron chi connectivity index (χ2n) is 5.79. The Bertz CT molecular complexity index is 295. The van der Waals surface area contributed by atoms with Gasteiger partial charge in [-0.15, -0.1) is 0 Å². The zero-order chi connectivity index (χ0) is 12.5. The van der Waals surface area contributed by atoms with Gasteiger partial charge in [-0.3, -0.25) is 4.79 Å². The number of ether oxygens (including phenoxy) is 1. The van der Waals surface area contributed by atoms with Crippen molar-refractivity contribution < 1.29 is 9.53 Å². The molecule has 0 aromatic carbocycles. The highest BCUT2D eigenvalue weighted by Crippen LogP contribution is 2.31. The van der Waals surface area contributed by atoms with Gasteiger partial charge >= 0.3 is 5.97 Å². The molecule has 0 aromatic rings. The van der Waals surface area contributed by atoms with E-state index in [2.05, 4.69) is 17.3 Å². The molecule has 0 bridgehead atoms. The van der Waals surface area contributed by atoms with E-state index in [1.807, 2.05) is 6.92 Å². The molecule has 0 amide bonds. The number of likely N-dealkylation sites (tertiary alicyclic amines) is 1. The average molecular weight is 240 g/mol. The third kappa shape index (κ3) is 2.63. The predicted molar refractivity (Wildman–Crippen MR) is 66.8 cm³/mol. The minimum Gasteiger partial charge on any atom is -0.468 e. The van der Waals surface area contributed by atoms with Crippen molar-refractivity contribution in [2.24, 2.45) is 5.92 Å². The van der Waals surface area contributed by atoms with E-state index in [-0.39, 0.29) is 5.97 Å². The van der Waals surface area contributed by atoms with Gasteiger partial charge in [0.05, 0.1) is 7.11 Å². The molecule has 17 heavy (non-hydrogen) atoms. The predicted octanol–water partition coefficient (Wildman–Crippen LogP) is 1.01. The molecular weight excluding hydrogens is 216 g/mol. The molecule has 0 spiro atoms. The maximum Gasteiger partial charge on any atom is 0.325 e. The lowest BCUT2D eigenvalue weighted by Gasteiger charge is -2.24. The maximum absolute atomic E-state index is 11.7. The van der Waals surface area contributed by atoms with Crippen molar-refractivity contribution in [3.63, 3.8) is 0 Å². The number of hydrogen-bond donors (Lipinski definition) is 1. The van der Waals surface area contributed by atoms with Crippen molar-refractivity contribution in [1.29, 1.82) is 0 Å². The van der Waals surface area contributed by atoms with Crippen LogP contribution in [0.5, 0.6) is 0 Å². The number of esters is 1. The fourth-order valence-corrected chi connectivity index (χ4v) is 3.30. The highest BCUT2D eigenvalue weighted by Gasteiger charge is 2.42. The van der Waals surface area contributed by atoms with Crippen molar-refractivity contribution in [2.75, 3.05) is 27.2 Å². The number of carbonyl (C=O) groups is 1. The van der Waals surface area contributed by atoms with Gasteiger partial charge in [0, 0.05) is 6.04 Å². The monoisotopic (exact) mass is 240 g/mol. The summed E-state index contributed by atoms with van der Waals surface area (Å²) in [5.41, 5.74) is -0.462. The number of methoxy groups -OCH3 is 1. The topological polar surface area (TPSA) is 41.6 Å². The van der Waals surface area contributed by atoms with Gasteiger partial charge in [-0.2, -0.15) is 0 Å². The third-order valence-electron chi connectivity index (χ3n) is 4.39. The Morgan fingerprint density at radius 3 is 2.94 bits per heavy atom. The number of nitrogens with zero attached hydrogens (tertiary/aromatic N) is 1. The molecule has 2 rings (SSSR count). The Labute approximate surface area is 104 Å². The Morgan fingerprint density at radius 2 is 2.35 bits per heavy atom. The Balaban J connectivity index is 1.87. The molecule has 2 aliphatic rings. The Morgan fingerprint density at radius 1 is 1.59 bits per heavy atom. The van der Waals surface area contributed by atoms with E-state index in [1.54, 1.807) is 0 Å². The van der Waals surface area contributed by atoms with E-state index >= 15 is 0 Å². The molecule has 2 aliphatic heterocycles. The van der Waals surface area contributed by atoms with E-state index in [4.69, 9.17) is 4.74 Å². The lowest BCUT2D eigenvalue weighted by Crippen LogP contribution is -2.45. The second kappa shape index (κ2) is 4.94. The molecule has 3 unspecified atom stereocenters. The summed E-state index contributed by atoms with van der Waals surface area (Å²) in [6, 6.07) is 0.710. The fourth-order valence-electron chi connectivity index (χ4n) is 3.30. The molecule has 0 aliphatic carbocycles.